The summed E-state index contributed by atoms with van der Waals surface area (Å²) in [5, 5.41) is 11.0. The van der Waals surface area contributed by atoms with E-state index >= 15 is 0 Å². The van der Waals surface area contributed by atoms with Gasteiger partial charge in [0.05, 0.1) is 18.1 Å². The van der Waals surface area contributed by atoms with Crippen molar-refractivity contribution in [3.63, 3.8) is 0 Å². The van der Waals surface area contributed by atoms with Gasteiger partial charge in [-0.2, -0.15) is 0 Å². The summed E-state index contributed by atoms with van der Waals surface area (Å²) < 4.78 is 5.00. The molecule has 0 spiro atoms. The molecule has 1 aliphatic rings. The first-order valence-corrected chi connectivity index (χ1v) is 5.47. The molecule has 5 nitrogen and oxygen atoms in total. The largest absolute Gasteiger partial charge is 0.497 e. The molecular formula is C12H16N2O3. The van der Waals surface area contributed by atoms with Crippen molar-refractivity contribution in [3.8, 4) is 5.75 Å². The highest BCUT2D eigenvalue weighted by molar-refractivity contribution is 5.52. The van der Waals surface area contributed by atoms with Gasteiger partial charge in [-0.1, -0.05) is 13.8 Å². The molecule has 17 heavy (non-hydrogen) atoms. The zero-order valence-corrected chi connectivity index (χ0v) is 10.1. The van der Waals surface area contributed by atoms with Gasteiger partial charge >= 0.3 is 0 Å². The van der Waals surface area contributed by atoms with Gasteiger partial charge in [-0.25, -0.2) is 0 Å². The summed E-state index contributed by atoms with van der Waals surface area (Å²) in [4.78, 5) is 10.7. The number of ether oxygens (including phenoxy) is 1. The van der Waals surface area contributed by atoms with E-state index in [1.807, 2.05) is 13.8 Å². The highest BCUT2D eigenvalue weighted by atomic mass is 16.6. The number of hydrogen-bond donors (Lipinski definition) is 1. The van der Waals surface area contributed by atoms with Crippen molar-refractivity contribution in [2.75, 3.05) is 7.11 Å². The molecule has 2 N–H and O–H groups in total. The molecule has 92 valence electrons. The molecule has 0 saturated heterocycles. The van der Waals surface area contributed by atoms with Crippen LogP contribution in [-0.2, 0) is 0 Å². The first-order chi connectivity index (χ1) is 7.89. The van der Waals surface area contributed by atoms with Gasteiger partial charge in [-0.15, -0.1) is 0 Å². The van der Waals surface area contributed by atoms with E-state index in [9.17, 15) is 10.1 Å². The Morgan fingerprint density at radius 2 is 2.06 bits per heavy atom. The standard InChI is InChI=1S/C12H16N2O3/c1-12(2)10(11(12)13)8-5-4-7(17-3)6-9(8)14(15)16/h4-6,10-11H,13H2,1-3H3/t10-,11-/m1/s1. The van der Waals surface area contributed by atoms with Crippen LogP contribution < -0.4 is 10.5 Å². The van der Waals surface area contributed by atoms with Crippen molar-refractivity contribution in [2.45, 2.75) is 25.8 Å². The molecule has 1 fully saturated rings. The zero-order chi connectivity index (χ0) is 12.8. The predicted molar refractivity (Wildman–Crippen MR) is 64.1 cm³/mol. The molecule has 2 rings (SSSR count). The van der Waals surface area contributed by atoms with Gasteiger partial charge in [0, 0.05) is 17.5 Å². The molecule has 1 aliphatic carbocycles. The Kier molecular flexibility index (Phi) is 2.58. The number of hydrogen-bond acceptors (Lipinski definition) is 4. The Morgan fingerprint density at radius 1 is 1.47 bits per heavy atom. The topological polar surface area (TPSA) is 78.4 Å². The average Bonchev–Trinajstić information content (AvgIpc) is 2.77. The molecule has 0 radical (unpaired) electrons. The Morgan fingerprint density at radius 3 is 2.47 bits per heavy atom. The van der Waals surface area contributed by atoms with Crippen LogP contribution in [0.4, 0.5) is 5.69 Å². The minimum absolute atomic E-state index is 0.0189. The summed E-state index contributed by atoms with van der Waals surface area (Å²) in [7, 11) is 1.49. The summed E-state index contributed by atoms with van der Waals surface area (Å²) in [6.07, 6.45) is 0. The molecule has 1 aromatic carbocycles. The van der Waals surface area contributed by atoms with Gasteiger partial charge in [0.15, 0.2) is 0 Å². The van der Waals surface area contributed by atoms with Crippen LogP contribution in [0, 0.1) is 15.5 Å². The fourth-order valence-corrected chi connectivity index (χ4v) is 2.34. The van der Waals surface area contributed by atoms with Crippen molar-refractivity contribution < 1.29 is 9.66 Å². The second kappa shape index (κ2) is 3.70. The van der Waals surface area contributed by atoms with Crippen LogP contribution in [0.25, 0.3) is 0 Å². The molecule has 0 aliphatic heterocycles. The Labute approximate surface area is 99.7 Å². The summed E-state index contributed by atoms with van der Waals surface area (Å²) in [5.41, 5.74) is 6.69. The maximum Gasteiger partial charge on any atom is 0.276 e. The number of rotatable bonds is 3. The van der Waals surface area contributed by atoms with Crippen molar-refractivity contribution >= 4 is 5.69 Å². The fourth-order valence-electron chi connectivity index (χ4n) is 2.34. The maximum atomic E-state index is 11.0. The average molecular weight is 236 g/mol. The lowest BCUT2D eigenvalue weighted by Gasteiger charge is -2.06. The Balaban J connectivity index is 2.45. The number of nitro benzene ring substituents is 1. The summed E-state index contributed by atoms with van der Waals surface area (Å²) in [5.74, 6) is 0.543. The molecule has 2 atom stereocenters. The van der Waals surface area contributed by atoms with Gasteiger partial charge in [-0.3, -0.25) is 10.1 Å². The Bertz CT molecular complexity index is 471. The highest BCUT2D eigenvalue weighted by Crippen LogP contribution is 2.59. The van der Waals surface area contributed by atoms with Gasteiger partial charge < -0.3 is 10.5 Å². The third kappa shape index (κ3) is 1.76. The van der Waals surface area contributed by atoms with E-state index in [2.05, 4.69) is 0 Å². The van der Waals surface area contributed by atoms with E-state index in [1.165, 1.54) is 13.2 Å². The van der Waals surface area contributed by atoms with Crippen LogP contribution >= 0.6 is 0 Å². The minimum atomic E-state index is -0.376. The van der Waals surface area contributed by atoms with Crippen LogP contribution in [0.3, 0.4) is 0 Å². The third-order valence-corrected chi connectivity index (χ3v) is 3.68. The van der Waals surface area contributed by atoms with E-state index in [0.717, 1.165) is 0 Å². The van der Waals surface area contributed by atoms with Crippen LogP contribution in [0.1, 0.15) is 25.3 Å². The van der Waals surface area contributed by atoms with Crippen molar-refractivity contribution in [3.05, 3.63) is 33.9 Å². The van der Waals surface area contributed by atoms with E-state index in [4.69, 9.17) is 10.5 Å². The normalized spacial score (nSPS) is 25.4. The predicted octanol–water partition coefficient (Wildman–Crippen LogP) is 2.05. The van der Waals surface area contributed by atoms with E-state index < -0.39 is 0 Å². The van der Waals surface area contributed by atoms with Crippen molar-refractivity contribution in [1.82, 2.24) is 0 Å². The van der Waals surface area contributed by atoms with Crippen LogP contribution in [0.15, 0.2) is 18.2 Å². The highest BCUT2D eigenvalue weighted by Gasteiger charge is 2.58. The molecule has 0 amide bonds. The van der Waals surface area contributed by atoms with E-state index in [0.29, 0.717) is 11.3 Å². The van der Waals surface area contributed by atoms with Crippen LogP contribution in [-0.4, -0.2) is 18.1 Å². The molecule has 1 saturated carbocycles. The minimum Gasteiger partial charge on any atom is -0.497 e. The maximum absolute atomic E-state index is 11.0. The molecule has 0 aromatic heterocycles. The first kappa shape index (κ1) is 11.9. The molecule has 5 heteroatoms. The van der Waals surface area contributed by atoms with Crippen LogP contribution in [0.2, 0.25) is 0 Å². The zero-order valence-electron chi connectivity index (χ0n) is 10.1. The number of nitro groups is 1. The number of nitrogens with two attached hydrogens (primary N) is 1. The number of methoxy groups -OCH3 is 1. The Hall–Kier alpha value is -1.62. The number of nitrogens with zero attached hydrogens (tertiary/aromatic N) is 1. The lowest BCUT2D eigenvalue weighted by Crippen LogP contribution is -2.06. The second-order valence-electron chi connectivity index (χ2n) is 5.01. The van der Waals surface area contributed by atoms with Gasteiger partial charge in [0.2, 0.25) is 0 Å². The third-order valence-electron chi connectivity index (χ3n) is 3.68. The smallest absolute Gasteiger partial charge is 0.276 e. The van der Waals surface area contributed by atoms with Gasteiger partial charge in [0.1, 0.15) is 5.75 Å². The first-order valence-electron chi connectivity index (χ1n) is 5.47. The molecular weight excluding hydrogens is 220 g/mol. The van der Waals surface area contributed by atoms with Gasteiger partial charge in [0.25, 0.3) is 5.69 Å². The molecule has 0 heterocycles. The van der Waals surface area contributed by atoms with Crippen LogP contribution in [0.5, 0.6) is 5.75 Å². The van der Waals surface area contributed by atoms with Crippen molar-refractivity contribution in [2.24, 2.45) is 11.1 Å². The second-order valence-corrected chi connectivity index (χ2v) is 5.01. The summed E-state index contributed by atoms with van der Waals surface area (Å²) in [6, 6.07) is 4.92. The molecule has 0 unspecified atom stereocenters. The lowest BCUT2D eigenvalue weighted by molar-refractivity contribution is -0.385. The van der Waals surface area contributed by atoms with E-state index in [-0.39, 0.29) is 28.0 Å². The monoisotopic (exact) mass is 236 g/mol. The van der Waals surface area contributed by atoms with Gasteiger partial charge in [-0.05, 0) is 17.5 Å². The SMILES string of the molecule is COc1ccc([C@@H]2[C@@H](N)C2(C)C)c([N+](=O)[O-])c1. The molecule has 0 bridgehead atoms. The summed E-state index contributed by atoms with van der Waals surface area (Å²) >= 11 is 0. The fraction of sp³-hybridized carbons (Fsp3) is 0.500. The number of benzene rings is 1. The quantitative estimate of drug-likeness (QED) is 0.643. The molecule has 1 aromatic rings. The van der Waals surface area contributed by atoms with E-state index in [1.54, 1.807) is 12.1 Å². The lowest BCUT2D eigenvalue weighted by atomic mass is 10.0. The summed E-state index contributed by atoms with van der Waals surface area (Å²) in [6.45, 7) is 4.05. The van der Waals surface area contributed by atoms with Crippen molar-refractivity contribution in [1.29, 1.82) is 0 Å².